The Morgan fingerprint density at radius 3 is 2.61 bits per heavy atom. The molecule has 118 valence electrons. The summed E-state index contributed by atoms with van der Waals surface area (Å²) in [7, 11) is 0. The fraction of sp³-hybridized carbons (Fsp3) is 0.263. The molecule has 0 unspecified atom stereocenters. The highest BCUT2D eigenvalue weighted by atomic mass is 16.5. The van der Waals surface area contributed by atoms with Gasteiger partial charge < -0.3 is 10.1 Å². The van der Waals surface area contributed by atoms with Gasteiger partial charge >= 0.3 is 0 Å². The van der Waals surface area contributed by atoms with Crippen LogP contribution in [0.15, 0.2) is 60.9 Å². The zero-order valence-electron chi connectivity index (χ0n) is 13.1. The molecule has 0 atom stereocenters. The van der Waals surface area contributed by atoms with Crippen LogP contribution in [-0.4, -0.2) is 23.1 Å². The zero-order valence-corrected chi connectivity index (χ0v) is 13.1. The molecule has 2 aromatic carbocycles. The van der Waals surface area contributed by atoms with E-state index < -0.39 is 0 Å². The van der Waals surface area contributed by atoms with Crippen molar-refractivity contribution in [3.05, 3.63) is 66.5 Å². The minimum absolute atomic E-state index is 0.685. The average Bonchev–Trinajstić information content (AvgIpc) is 2.62. The van der Waals surface area contributed by atoms with Crippen molar-refractivity contribution in [2.24, 2.45) is 0 Å². The van der Waals surface area contributed by atoms with Gasteiger partial charge in [0, 0.05) is 18.5 Å². The van der Waals surface area contributed by atoms with Crippen LogP contribution in [0, 0.1) is 0 Å². The summed E-state index contributed by atoms with van der Waals surface area (Å²) in [5.41, 5.74) is 2.19. The van der Waals surface area contributed by atoms with Gasteiger partial charge in [0.2, 0.25) is 0 Å². The van der Waals surface area contributed by atoms with E-state index in [2.05, 4.69) is 27.4 Å². The third kappa shape index (κ3) is 4.50. The number of fused-ring (bicyclic) bond motifs is 1. The van der Waals surface area contributed by atoms with Gasteiger partial charge in [-0.1, -0.05) is 42.5 Å². The summed E-state index contributed by atoms with van der Waals surface area (Å²) < 4.78 is 5.69. The maximum Gasteiger partial charge on any atom is 0.137 e. The lowest BCUT2D eigenvalue weighted by molar-refractivity contribution is 0.118. The van der Waals surface area contributed by atoms with Gasteiger partial charge in [-0.2, -0.15) is 0 Å². The van der Waals surface area contributed by atoms with Crippen LogP contribution in [-0.2, 0) is 11.3 Å². The first-order valence-corrected chi connectivity index (χ1v) is 7.99. The van der Waals surface area contributed by atoms with Crippen LogP contribution in [0.5, 0.6) is 0 Å². The number of nitrogens with zero attached hydrogens (tertiary/aromatic N) is 2. The zero-order chi connectivity index (χ0) is 15.7. The number of hydrogen-bond acceptors (Lipinski definition) is 4. The summed E-state index contributed by atoms with van der Waals surface area (Å²) in [6.07, 6.45) is 3.68. The number of rotatable bonds is 8. The SMILES string of the molecule is c1ccc(COCCCCNc2ncnc3ccccc23)cc1. The van der Waals surface area contributed by atoms with E-state index in [0.29, 0.717) is 6.61 Å². The molecule has 3 rings (SSSR count). The van der Waals surface area contributed by atoms with E-state index in [9.17, 15) is 0 Å². The fourth-order valence-corrected chi connectivity index (χ4v) is 2.45. The van der Waals surface area contributed by atoms with E-state index >= 15 is 0 Å². The van der Waals surface area contributed by atoms with Crippen molar-refractivity contribution < 1.29 is 4.74 Å². The first kappa shape index (κ1) is 15.4. The van der Waals surface area contributed by atoms with Crippen LogP contribution in [0.25, 0.3) is 10.9 Å². The van der Waals surface area contributed by atoms with Crippen molar-refractivity contribution in [1.82, 2.24) is 9.97 Å². The molecule has 23 heavy (non-hydrogen) atoms. The van der Waals surface area contributed by atoms with Gasteiger partial charge in [0.05, 0.1) is 12.1 Å². The normalized spacial score (nSPS) is 10.8. The molecule has 0 spiro atoms. The van der Waals surface area contributed by atoms with Crippen LogP contribution in [0.2, 0.25) is 0 Å². The molecule has 0 aliphatic rings. The lowest BCUT2D eigenvalue weighted by Crippen LogP contribution is -2.06. The Hall–Kier alpha value is -2.46. The molecule has 0 aliphatic carbocycles. The number of ether oxygens (including phenoxy) is 1. The standard InChI is InChI=1S/C19H21N3O/c1-2-8-16(9-3-1)14-23-13-7-6-12-20-19-17-10-4-5-11-18(17)21-15-22-19/h1-5,8-11,15H,6-7,12-14H2,(H,20,21,22). The Morgan fingerprint density at radius 1 is 0.870 bits per heavy atom. The second-order valence-electron chi connectivity index (χ2n) is 5.41. The monoisotopic (exact) mass is 307 g/mol. The maximum absolute atomic E-state index is 5.69. The molecule has 1 heterocycles. The van der Waals surface area contributed by atoms with Gasteiger partial charge in [-0.05, 0) is 30.5 Å². The van der Waals surface area contributed by atoms with Crippen molar-refractivity contribution in [2.75, 3.05) is 18.5 Å². The van der Waals surface area contributed by atoms with Crippen LogP contribution in [0.3, 0.4) is 0 Å². The number of unbranched alkanes of at least 4 members (excludes halogenated alkanes) is 1. The highest BCUT2D eigenvalue weighted by molar-refractivity contribution is 5.88. The Bertz CT molecular complexity index is 726. The van der Waals surface area contributed by atoms with E-state index in [1.165, 1.54) is 5.56 Å². The summed E-state index contributed by atoms with van der Waals surface area (Å²) >= 11 is 0. The molecule has 0 radical (unpaired) electrons. The Balaban J connectivity index is 1.37. The lowest BCUT2D eigenvalue weighted by Gasteiger charge is -2.08. The number of nitrogens with one attached hydrogen (secondary N) is 1. The smallest absolute Gasteiger partial charge is 0.137 e. The third-order valence-corrected chi connectivity index (χ3v) is 3.66. The van der Waals surface area contributed by atoms with E-state index in [0.717, 1.165) is 42.7 Å². The molecule has 0 bridgehead atoms. The Morgan fingerprint density at radius 2 is 1.70 bits per heavy atom. The lowest BCUT2D eigenvalue weighted by atomic mass is 10.2. The summed E-state index contributed by atoms with van der Waals surface area (Å²) in [4.78, 5) is 8.60. The average molecular weight is 307 g/mol. The Labute approximate surface area is 136 Å². The highest BCUT2D eigenvalue weighted by Gasteiger charge is 2.01. The summed E-state index contributed by atoms with van der Waals surface area (Å²) in [6, 6.07) is 18.3. The topological polar surface area (TPSA) is 47.0 Å². The molecular weight excluding hydrogens is 286 g/mol. The summed E-state index contributed by atoms with van der Waals surface area (Å²) in [6.45, 7) is 2.35. The van der Waals surface area contributed by atoms with E-state index in [1.54, 1.807) is 6.33 Å². The van der Waals surface area contributed by atoms with Crippen molar-refractivity contribution in [3.8, 4) is 0 Å². The summed E-state index contributed by atoms with van der Waals surface area (Å²) in [5.74, 6) is 0.904. The Kier molecular flexibility index (Phi) is 5.53. The number of aromatic nitrogens is 2. The largest absolute Gasteiger partial charge is 0.377 e. The van der Waals surface area contributed by atoms with Gasteiger partial charge in [-0.3, -0.25) is 0 Å². The third-order valence-electron chi connectivity index (χ3n) is 3.66. The molecule has 1 N–H and O–H groups in total. The molecule has 0 saturated carbocycles. The molecule has 3 aromatic rings. The number of anilines is 1. The molecule has 0 amide bonds. The minimum Gasteiger partial charge on any atom is -0.377 e. The van der Waals surface area contributed by atoms with Crippen LogP contribution < -0.4 is 5.32 Å². The second kappa shape index (κ2) is 8.25. The van der Waals surface area contributed by atoms with Gasteiger partial charge in [0.15, 0.2) is 0 Å². The molecule has 4 heteroatoms. The quantitative estimate of drug-likeness (QED) is 0.638. The predicted octanol–water partition coefficient (Wildman–Crippen LogP) is 4.04. The van der Waals surface area contributed by atoms with E-state index in [-0.39, 0.29) is 0 Å². The van der Waals surface area contributed by atoms with Crippen molar-refractivity contribution >= 4 is 16.7 Å². The van der Waals surface area contributed by atoms with Gasteiger partial charge in [-0.25, -0.2) is 9.97 Å². The molecule has 1 aromatic heterocycles. The van der Waals surface area contributed by atoms with Gasteiger partial charge in [0.1, 0.15) is 12.1 Å². The number of benzene rings is 2. The number of hydrogen-bond donors (Lipinski definition) is 1. The first-order valence-electron chi connectivity index (χ1n) is 7.99. The fourth-order valence-electron chi connectivity index (χ4n) is 2.45. The molecular formula is C19H21N3O. The van der Waals surface area contributed by atoms with Crippen LogP contribution in [0.4, 0.5) is 5.82 Å². The van der Waals surface area contributed by atoms with Crippen LogP contribution in [0.1, 0.15) is 18.4 Å². The molecule has 0 aliphatic heterocycles. The van der Waals surface area contributed by atoms with E-state index in [1.807, 2.05) is 42.5 Å². The van der Waals surface area contributed by atoms with Crippen molar-refractivity contribution in [1.29, 1.82) is 0 Å². The second-order valence-corrected chi connectivity index (χ2v) is 5.41. The van der Waals surface area contributed by atoms with E-state index in [4.69, 9.17) is 4.74 Å². The van der Waals surface area contributed by atoms with Crippen molar-refractivity contribution in [2.45, 2.75) is 19.4 Å². The number of para-hydroxylation sites is 1. The van der Waals surface area contributed by atoms with Crippen molar-refractivity contribution in [3.63, 3.8) is 0 Å². The maximum atomic E-state index is 5.69. The van der Waals surface area contributed by atoms with Crippen LogP contribution >= 0.6 is 0 Å². The summed E-state index contributed by atoms with van der Waals surface area (Å²) in [5, 5.41) is 4.45. The predicted molar refractivity (Wildman–Crippen MR) is 93.4 cm³/mol. The molecule has 0 saturated heterocycles. The minimum atomic E-state index is 0.685. The van der Waals surface area contributed by atoms with Gasteiger partial charge in [-0.15, -0.1) is 0 Å². The molecule has 0 fully saturated rings. The first-order chi connectivity index (χ1) is 11.4. The van der Waals surface area contributed by atoms with Gasteiger partial charge in [0.25, 0.3) is 0 Å². The molecule has 4 nitrogen and oxygen atoms in total. The highest BCUT2D eigenvalue weighted by Crippen LogP contribution is 2.18.